The molecule has 0 bridgehead atoms. The largest absolute Gasteiger partial charge is 0.327 e. The van der Waals surface area contributed by atoms with Crippen LogP contribution in [-0.2, 0) is 14.8 Å². The van der Waals surface area contributed by atoms with Crippen molar-refractivity contribution in [3.63, 3.8) is 0 Å². The fourth-order valence-corrected chi connectivity index (χ4v) is 6.98. The van der Waals surface area contributed by atoms with Gasteiger partial charge in [0.25, 0.3) is 0 Å². The second kappa shape index (κ2) is 10.7. The molecular weight excluding hydrogens is 474 g/mol. The first-order valence-electron chi connectivity index (χ1n) is 12.9. The van der Waals surface area contributed by atoms with Crippen LogP contribution in [0.25, 0.3) is 0 Å². The zero-order valence-corrected chi connectivity index (χ0v) is 22.4. The third-order valence-electron chi connectivity index (χ3n) is 7.94. The monoisotopic (exact) mass is 511 g/mol. The molecule has 0 aromatic heterocycles. The van der Waals surface area contributed by atoms with Gasteiger partial charge in [0.05, 0.1) is 28.9 Å². The van der Waals surface area contributed by atoms with E-state index in [4.69, 9.17) is 0 Å². The molecular formula is C28H37N3O4S. The molecule has 1 aliphatic heterocycles. The molecule has 4 atom stereocenters. The van der Waals surface area contributed by atoms with Gasteiger partial charge >= 0.3 is 6.03 Å². The Morgan fingerprint density at radius 3 is 2.22 bits per heavy atom. The smallest absolute Gasteiger partial charge is 0.323 e. The third-order valence-corrected chi connectivity index (χ3v) is 9.40. The van der Waals surface area contributed by atoms with Crippen molar-refractivity contribution in [1.82, 2.24) is 14.5 Å². The SMILES string of the molecule is Cc1ccc(S(=O)(=O)N[C@@H](c2ccccc2)[C@@H](C)C(=O)N2C(=O)N(C)[C@@H](C)[C@H]2C2CCCCC2)cc1. The molecule has 1 N–H and O–H groups in total. The molecule has 8 heteroatoms. The first-order valence-corrected chi connectivity index (χ1v) is 14.3. The first-order chi connectivity index (χ1) is 17.1. The zero-order valence-electron chi connectivity index (χ0n) is 21.6. The summed E-state index contributed by atoms with van der Waals surface area (Å²) in [7, 11) is -2.17. The van der Waals surface area contributed by atoms with Gasteiger partial charge in [-0.3, -0.25) is 9.69 Å². The molecule has 1 saturated carbocycles. The standard InChI is InChI=1S/C28H37N3O4S/c1-19-15-17-24(18-16-19)36(34,35)29-25(22-11-7-5-8-12-22)20(2)27(32)31-26(21(3)30(4)28(31)33)23-13-9-6-10-14-23/h5,7-8,11-12,15-18,20-21,23,25-26,29H,6,9-10,13-14H2,1-4H3/t20-,21+,25-,26+/m1/s1. The quantitative estimate of drug-likeness (QED) is 0.574. The summed E-state index contributed by atoms with van der Waals surface area (Å²) in [5.74, 6) is -0.869. The van der Waals surface area contributed by atoms with Gasteiger partial charge in [-0.1, -0.05) is 74.2 Å². The van der Waals surface area contributed by atoms with Crippen LogP contribution in [0.15, 0.2) is 59.5 Å². The fourth-order valence-electron chi connectivity index (χ4n) is 5.67. The maximum absolute atomic E-state index is 14.0. The van der Waals surface area contributed by atoms with E-state index < -0.39 is 22.0 Å². The van der Waals surface area contributed by atoms with Crippen molar-refractivity contribution >= 4 is 22.0 Å². The van der Waals surface area contributed by atoms with Crippen LogP contribution in [0.1, 0.15) is 63.1 Å². The lowest BCUT2D eigenvalue weighted by atomic mass is 9.80. The van der Waals surface area contributed by atoms with Crippen LogP contribution in [0, 0.1) is 18.8 Å². The summed E-state index contributed by atoms with van der Waals surface area (Å²) in [5, 5.41) is 0. The molecule has 1 heterocycles. The number of rotatable bonds is 7. The highest BCUT2D eigenvalue weighted by atomic mass is 32.2. The van der Waals surface area contributed by atoms with Gasteiger partial charge < -0.3 is 4.90 Å². The fraction of sp³-hybridized carbons (Fsp3) is 0.500. The number of likely N-dealkylation sites (N-methyl/N-ethyl adjacent to an activating group) is 1. The lowest BCUT2D eigenvalue weighted by Gasteiger charge is -2.36. The topological polar surface area (TPSA) is 86.8 Å². The zero-order chi connectivity index (χ0) is 26.0. The Morgan fingerprint density at radius 2 is 1.61 bits per heavy atom. The predicted octanol–water partition coefficient (Wildman–Crippen LogP) is 4.88. The Labute approximate surface area is 214 Å². The molecule has 7 nitrogen and oxygen atoms in total. The van der Waals surface area contributed by atoms with Gasteiger partial charge in [0, 0.05) is 7.05 Å². The van der Waals surface area contributed by atoms with Crippen LogP contribution >= 0.6 is 0 Å². The Bertz CT molecular complexity index is 1180. The highest BCUT2D eigenvalue weighted by Gasteiger charge is 2.50. The molecule has 3 amide bonds. The molecule has 194 valence electrons. The van der Waals surface area contributed by atoms with E-state index in [0.717, 1.165) is 31.2 Å². The second-order valence-electron chi connectivity index (χ2n) is 10.3. The summed E-state index contributed by atoms with van der Waals surface area (Å²) >= 11 is 0. The molecule has 0 radical (unpaired) electrons. The second-order valence-corrected chi connectivity index (χ2v) is 12.1. The van der Waals surface area contributed by atoms with Gasteiger partial charge in [-0.25, -0.2) is 17.9 Å². The molecule has 1 saturated heterocycles. The van der Waals surface area contributed by atoms with Crippen LogP contribution in [0.5, 0.6) is 0 Å². The molecule has 2 aromatic rings. The average molecular weight is 512 g/mol. The van der Waals surface area contributed by atoms with Crippen molar-refractivity contribution in [2.45, 2.75) is 75.9 Å². The Morgan fingerprint density at radius 1 is 1.00 bits per heavy atom. The maximum atomic E-state index is 14.0. The van der Waals surface area contributed by atoms with E-state index in [2.05, 4.69) is 4.72 Å². The van der Waals surface area contributed by atoms with E-state index in [1.807, 2.05) is 44.2 Å². The Balaban J connectivity index is 1.67. The molecule has 2 aromatic carbocycles. The maximum Gasteiger partial charge on any atom is 0.327 e. The number of imide groups is 1. The number of hydrogen-bond acceptors (Lipinski definition) is 4. The van der Waals surface area contributed by atoms with Gasteiger partial charge in [0.1, 0.15) is 0 Å². The minimum atomic E-state index is -3.91. The van der Waals surface area contributed by atoms with Gasteiger partial charge in [-0.05, 0) is 50.3 Å². The van der Waals surface area contributed by atoms with E-state index in [9.17, 15) is 18.0 Å². The number of benzene rings is 2. The molecule has 2 aliphatic rings. The first kappa shape index (κ1) is 26.4. The van der Waals surface area contributed by atoms with Crippen molar-refractivity contribution in [2.75, 3.05) is 7.05 Å². The molecule has 2 fully saturated rings. The van der Waals surface area contributed by atoms with Crippen molar-refractivity contribution < 1.29 is 18.0 Å². The van der Waals surface area contributed by atoms with Gasteiger partial charge in [-0.15, -0.1) is 0 Å². The highest BCUT2D eigenvalue weighted by molar-refractivity contribution is 7.89. The van der Waals surface area contributed by atoms with Crippen molar-refractivity contribution in [3.8, 4) is 0 Å². The van der Waals surface area contributed by atoms with Gasteiger partial charge in [-0.2, -0.15) is 0 Å². The van der Waals surface area contributed by atoms with E-state index in [1.54, 1.807) is 43.1 Å². The normalized spacial score (nSPS) is 23.1. The van der Waals surface area contributed by atoms with E-state index >= 15 is 0 Å². The summed E-state index contributed by atoms with van der Waals surface area (Å²) in [6.45, 7) is 5.61. The summed E-state index contributed by atoms with van der Waals surface area (Å²) in [5.41, 5.74) is 1.63. The van der Waals surface area contributed by atoms with Crippen LogP contribution < -0.4 is 4.72 Å². The lowest BCUT2D eigenvalue weighted by Crippen LogP contribution is -2.50. The van der Waals surface area contributed by atoms with Crippen LogP contribution in [-0.4, -0.2) is 49.3 Å². The molecule has 36 heavy (non-hydrogen) atoms. The summed E-state index contributed by atoms with van der Waals surface area (Å²) < 4.78 is 29.5. The molecule has 1 aliphatic carbocycles. The number of nitrogens with one attached hydrogen (secondary N) is 1. The van der Waals surface area contributed by atoms with E-state index in [0.29, 0.717) is 5.56 Å². The number of sulfonamides is 1. The Kier molecular flexibility index (Phi) is 7.85. The lowest BCUT2D eigenvalue weighted by molar-refractivity contribution is -0.134. The number of carbonyl (C=O) groups is 2. The van der Waals surface area contributed by atoms with Crippen LogP contribution in [0.2, 0.25) is 0 Å². The van der Waals surface area contributed by atoms with Crippen LogP contribution in [0.3, 0.4) is 0 Å². The molecule has 4 rings (SSSR count). The number of aryl methyl sites for hydroxylation is 1. The highest BCUT2D eigenvalue weighted by Crippen LogP contribution is 2.38. The number of urea groups is 1. The number of nitrogens with zero attached hydrogens (tertiary/aromatic N) is 2. The number of hydrogen-bond donors (Lipinski definition) is 1. The predicted molar refractivity (Wildman–Crippen MR) is 140 cm³/mol. The molecule has 0 unspecified atom stereocenters. The minimum absolute atomic E-state index is 0.0869. The van der Waals surface area contributed by atoms with Crippen molar-refractivity contribution in [3.05, 3.63) is 65.7 Å². The summed E-state index contributed by atoms with van der Waals surface area (Å²) in [6, 6.07) is 14.3. The summed E-state index contributed by atoms with van der Waals surface area (Å²) in [6.07, 6.45) is 5.38. The average Bonchev–Trinajstić information content (AvgIpc) is 3.11. The van der Waals surface area contributed by atoms with Crippen molar-refractivity contribution in [2.24, 2.45) is 11.8 Å². The van der Waals surface area contributed by atoms with Crippen LogP contribution in [0.4, 0.5) is 4.79 Å². The minimum Gasteiger partial charge on any atom is -0.323 e. The number of amides is 3. The molecule has 0 spiro atoms. The van der Waals surface area contributed by atoms with E-state index in [-0.39, 0.29) is 34.8 Å². The Hall–Kier alpha value is -2.71. The third kappa shape index (κ3) is 5.20. The van der Waals surface area contributed by atoms with Gasteiger partial charge in [0.2, 0.25) is 15.9 Å². The van der Waals surface area contributed by atoms with Gasteiger partial charge in [0.15, 0.2) is 0 Å². The number of carbonyl (C=O) groups excluding carboxylic acids is 2. The van der Waals surface area contributed by atoms with E-state index in [1.165, 1.54) is 11.3 Å². The summed E-state index contributed by atoms with van der Waals surface area (Å²) in [4.78, 5) is 30.6. The van der Waals surface area contributed by atoms with Crippen molar-refractivity contribution in [1.29, 1.82) is 0 Å².